The number of ether oxygens (including phenoxy) is 1. The molecule has 2 aliphatic heterocycles. The number of hydrogen-bond acceptors (Lipinski definition) is 15. The van der Waals surface area contributed by atoms with E-state index in [0.29, 0.717) is 97.1 Å². The highest BCUT2D eigenvalue weighted by Gasteiger charge is 2.54. The third-order valence-electron chi connectivity index (χ3n) is 26.4. The molecule has 131 heavy (non-hydrogen) atoms. The Morgan fingerprint density at radius 1 is 0.374 bits per heavy atom. The minimum Gasteiger partial charge on any atom is -0.480 e. The molecule has 33 heteroatoms. The Bertz CT molecular complexity index is 6520. The first kappa shape index (κ1) is 98.9. The van der Waals surface area contributed by atoms with E-state index in [4.69, 9.17) is 4.74 Å². The summed E-state index contributed by atoms with van der Waals surface area (Å²) < 4.78 is 182. The van der Waals surface area contributed by atoms with Crippen molar-refractivity contribution in [2.45, 2.75) is 260 Å². The summed E-state index contributed by atoms with van der Waals surface area (Å²) >= 11 is 2.90. The van der Waals surface area contributed by atoms with Crippen LogP contribution in [-0.2, 0) is 154 Å². The number of benzene rings is 6. The van der Waals surface area contributed by atoms with Crippen LogP contribution in [0.15, 0.2) is 207 Å². The lowest BCUT2D eigenvalue weighted by atomic mass is 9.72. The lowest BCUT2D eigenvalue weighted by molar-refractivity contribution is -0.139. The van der Waals surface area contributed by atoms with E-state index in [1.165, 1.54) is 85.4 Å². The average molecular weight is 1920 g/mol. The largest absolute Gasteiger partial charge is 0.480 e. The fourth-order valence-corrected chi connectivity index (χ4v) is 28.0. The number of aromatic nitrogens is 4. The topological polar surface area (TPSA) is 321 Å². The SMILES string of the molecule is Cc1c(Cc2ccccc2S(=O)(=O)N2CCOCC2)c2c(n1CC(=O)O)CC(C)(C)C(F)(F)C2.Cc1c(Cc2ccccc2S(=O)(=O)c2ccccc2)c2c(n1CC(=O)O)CC(C)(C)C(F)(F)C2.Cc1c(Sc2ccccc2S(=O)(=O)N2CCCC2)c2c(n1CC(=O)O)CCC(C)(C)C2.Cc1c(Sc2ccccc2S(=O)(=O)c2ccccc2)c2c(n1CC(=O)O)CCC(C)(C)C2. The van der Waals surface area contributed by atoms with Gasteiger partial charge in [-0.25, -0.2) is 51.2 Å². The lowest BCUT2D eigenvalue weighted by Crippen LogP contribution is -2.44. The van der Waals surface area contributed by atoms with Crippen LogP contribution in [0.4, 0.5) is 17.6 Å². The summed E-state index contributed by atoms with van der Waals surface area (Å²) in [4.78, 5) is 50.8. The molecule has 6 aliphatic rings. The Hall–Kier alpha value is -9.58. The minimum absolute atomic E-state index is 0.0351. The number of fused-ring (bicyclic) bond motifs is 4. The summed E-state index contributed by atoms with van der Waals surface area (Å²) in [6.07, 6.45) is 6.45. The smallest absolute Gasteiger partial charge is 0.323 e. The molecule has 0 radical (unpaired) electrons. The van der Waals surface area contributed by atoms with Crippen LogP contribution < -0.4 is 0 Å². The molecule has 2 fully saturated rings. The van der Waals surface area contributed by atoms with Crippen LogP contribution in [0, 0.1) is 49.4 Å². The Morgan fingerprint density at radius 2 is 0.695 bits per heavy atom. The van der Waals surface area contributed by atoms with Crippen molar-refractivity contribution in [2.24, 2.45) is 21.7 Å². The predicted molar refractivity (Wildman–Crippen MR) is 492 cm³/mol. The van der Waals surface area contributed by atoms with Gasteiger partial charge in [-0.15, -0.1) is 0 Å². The molecule has 16 rings (SSSR count). The summed E-state index contributed by atoms with van der Waals surface area (Å²) in [5.41, 5.74) is 9.19. The van der Waals surface area contributed by atoms with E-state index in [-0.39, 0.29) is 100 Å². The molecule has 10 aromatic rings. The van der Waals surface area contributed by atoms with Crippen LogP contribution in [-0.4, -0.2) is 156 Å². The number of morpholine rings is 1. The van der Waals surface area contributed by atoms with E-state index < -0.39 is 99.1 Å². The fourth-order valence-electron chi connectivity index (χ4n) is 18.8. The fraction of sp³-hybridized carbons (Fsp3) is 0.429. The number of aliphatic carboxylic acids is 4. The number of carbonyl (C=O) groups is 4. The highest BCUT2D eigenvalue weighted by atomic mass is 32.2. The maximum atomic E-state index is 15.1. The van der Waals surface area contributed by atoms with Crippen molar-refractivity contribution in [3.05, 3.63) is 248 Å². The quantitative estimate of drug-likeness (QED) is 0.0408. The summed E-state index contributed by atoms with van der Waals surface area (Å²) in [5, 5.41) is 37.8. The number of sulfonamides is 2. The molecule has 0 amide bonds. The first-order valence-corrected chi connectivity index (χ1v) is 51.2. The Labute approximate surface area is 773 Å². The molecular weight excluding hydrogens is 1800 g/mol. The molecule has 0 bridgehead atoms. The molecule has 0 atom stereocenters. The normalized spacial score (nSPS) is 17.8. The van der Waals surface area contributed by atoms with Gasteiger partial charge in [-0.1, -0.05) is 176 Å². The summed E-state index contributed by atoms with van der Waals surface area (Å²) in [7, 11) is -14.9. The van der Waals surface area contributed by atoms with Gasteiger partial charge < -0.3 is 43.4 Å². The van der Waals surface area contributed by atoms with Gasteiger partial charge in [0, 0.05) is 128 Å². The standard InChI is InChI=1S/C26H27F2NO4S.C25H27NO4S2.C24H30F2N2O5S.C23H30N2O4S2/c1-17-20(21-14-26(27,28)25(2,3)15-22(21)29(17)16-24(30)31)13-18-9-7-8-12-23(18)34(32,33)19-10-5-4-6-11-19;1-17-24(19-15-25(2,3)14-13-20(19)26(17)16-23(27)28)31-21-11-7-8-12-22(21)32(29,30)18-9-5-4-6-10-18;1-16-18(19-13-24(25,26)23(2,3)14-20(19)28(16)15-22(29)30)12-17-6-4-5-7-21(17)34(31,32)27-8-10-33-11-9-27;1-16-22(17-14-23(2,3)11-10-18(17)25(16)15-21(26)27)30-19-8-4-5-9-20(19)31(28,29)24-12-6-7-13-24/h4-12H,13-16H2,1-3H3,(H,30,31);4-12H,13-16H2,1-3H3,(H,27,28);4-7H,8-15H2,1-3H3,(H,29,30);4-5,8-9H,6-7,10-15H2,1-3H3,(H,26,27). The van der Waals surface area contributed by atoms with Crippen molar-refractivity contribution >= 4 is 87.1 Å². The first-order valence-electron chi connectivity index (χ1n) is 43.7. The Kier molecular flexibility index (Phi) is 29.0. The predicted octanol–water partition coefficient (Wildman–Crippen LogP) is 18.0. The zero-order valence-electron chi connectivity index (χ0n) is 75.7. The molecule has 0 unspecified atom stereocenters. The number of carboxylic acids is 4. The van der Waals surface area contributed by atoms with Crippen LogP contribution in [0.25, 0.3) is 0 Å². The van der Waals surface area contributed by atoms with Gasteiger partial charge in [-0.05, 0) is 208 Å². The van der Waals surface area contributed by atoms with Gasteiger partial charge in [0.25, 0.3) is 11.8 Å². The number of alkyl halides is 4. The molecule has 0 spiro atoms. The molecule has 23 nitrogen and oxygen atoms in total. The molecular formula is C98H114F4N6O17S6. The van der Waals surface area contributed by atoms with Gasteiger partial charge in [0.05, 0.1) is 42.6 Å². The molecule has 4 aromatic heterocycles. The van der Waals surface area contributed by atoms with E-state index in [9.17, 15) is 73.3 Å². The highest BCUT2D eigenvalue weighted by molar-refractivity contribution is 8.00. The lowest BCUT2D eigenvalue weighted by Gasteiger charge is -2.39. The first-order chi connectivity index (χ1) is 61.4. The summed E-state index contributed by atoms with van der Waals surface area (Å²) in [6, 6.07) is 43.9. The molecule has 4 aliphatic carbocycles. The molecule has 6 aromatic carbocycles. The number of hydrogen-bond donors (Lipinski definition) is 4. The van der Waals surface area contributed by atoms with Gasteiger partial charge in [-0.3, -0.25) is 19.2 Å². The van der Waals surface area contributed by atoms with E-state index in [0.717, 1.165) is 89.5 Å². The number of nitrogens with zero attached hydrogens (tertiary/aromatic N) is 6. The van der Waals surface area contributed by atoms with Crippen molar-refractivity contribution < 1.29 is 95.6 Å². The van der Waals surface area contributed by atoms with Gasteiger partial charge in [0.15, 0.2) is 0 Å². The third-order valence-corrected chi connectivity index (χ3v) is 37.0. The number of carboxylic acid groups (broad SMARTS) is 4. The van der Waals surface area contributed by atoms with Crippen molar-refractivity contribution in [1.82, 2.24) is 26.9 Å². The van der Waals surface area contributed by atoms with Crippen molar-refractivity contribution in [2.75, 3.05) is 39.4 Å². The molecule has 702 valence electrons. The third kappa shape index (κ3) is 20.7. The van der Waals surface area contributed by atoms with Crippen LogP contribution >= 0.6 is 23.5 Å². The maximum Gasteiger partial charge on any atom is 0.323 e. The van der Waals surface area contributed by atoms with Gasteiger partial charge >= 0.3 is 23.9 Å². The molecule has 0 saturated carbocycles. The molecule has 2 saturated heterocycles. The Balaban J connectivity index is 0.000000149. The highest BCUT2D eigenvalue weighted by Crippen LogP contribution is 2.53. The molecule has 4 N–H and O–H groups in total. The monoisotopic (exact) mass is 1910 g/mol. The van der Waals surface area contributed by atoms with E-state index in [1.807, 2.05) is 47.2 Å². The summed E-state index contributed by atoms with van der Waals surface area (Å²) in [5.74, 6) is -9.81. The number of halogens is 4. The van der Waals surface area contributed by atoms with Crippen molar-refractivity contribution in [1.29, 1.82) is 0 Å². The molecule has 6 heterocycles. The second-order valence-corrected chi connectivity index (χ2v) is 47.3. The van der Waals surface area contributed by atoms with Crippen LogP contribution in [0.2, 0.25) is 0 Å². The van der Waals surface area contributed by atoms with Crippen molar-refractivity contribution in [3.63, 3.8) is 0 Å². The van der Waals surface area contributed by atoms with E-state index in [2.05, 4.69) is 27.7 Å². The maximum absolute atomic E-state index is 15.1. The Morgan fingerprint density at radius 3 is 1.10 bits per heavy atom. The minimum atomic E-state index is -3.83. The number of sulfone groups is 2. The van der Waals surface area contributed by atoms with Gasteiger partial charge in [0.2, 0.25) is 39.7 Å². The van der Waals surface area contributed by atoms with Crippen molar-refractivity contribution in [3.8, 4) is 0 Å². The van der Waals surface area contributed by atoms with Gasteiger partial charge in [-0.2, -0.15) is 8.61 Å². The second kappa shape index (κ2) is 38.4. The van der Waals surface area contributed by atoms with E-state index >= 15 is 17.6 Å². The van der Waals surface area contributed by atoms with Crippen LogP contribution in [0.3, 0.4) is 0 Å². The summed E-state index contributed by atoms with van der Waals surface area (Å²) in [6.45, 7) is 23.7. The zero-order chi connectivity index (χ0) is 95.3. The second-order valence-electron chi connectivity index (χ2n) is 37.6. The average Bonchev–Trinajstić information content (AvgIpc) is 1.59. The van der Waals surface area contributed by atoms with Crippen LogP contribution in [0.1, 0.15) is 171 Å². The van der Waals surface area contributed by atoms with Crippen LogP contribution in [0.5, 0.6) is 0 Å². The number of rotatable bonds is 24. The van der Waals surface area contributed by atoms with Gasteiger partial charge in [0.1, 0.15) is 26.2 Å². The zero-order valence-corrected chi connectivity index (χ0v) is 80.6. The van der Waals surface area contributed by atoms with E-state index in [1.54, 1.807) is 136 Å².